The Balaban J connectivity index is 1.77. The summed E-state index contributed by atoms with van der Waals surface area (Å²) < 4.78 is 0. The number of nitrogens with zero attached hydrogens (tertiary/aromatic N) is 2. The van der Waals surface area contributed by atoms with Crippen LogP contribution in [0.1, 0.15) is 37.3 Å². The first kappa shape index (κ1) is 11.7. The smallest absolute Gasteiger partial charge is 0.240 e. The number of amides is 1. The van der Waals surface area contributed by atoms with Crippen molar-refractivity contribution in [2.75, 3.05) is 13.1 Å². The van der Waals surface area contributed by atoms with Crippen LogP contribution in [0.15, 0.2) is 24.5 Å². The largest absolute Gasteiger partial charge is 0.334 e. The SMILES string of the molecule is O=C(C1CCCN1)N1CCCC1c1cccnc1. The molecule has 2 unspecified atom stereocenters. The van der Waals surface area contributed by atoms with Gasteiger partial charge in [0.05, 0.1) is 12.1 Å². The van der Waals surface area contributed by atoms with Gasteiger partial charge in [-0.1, -0.05) is 6.07 Å². The summed E-state index contributed by atoms with van der Waals surface area (Å²) in [5.74, 6) is 0.277. The van der Waals surface area contributed by atoms with Crippen molar-refractivity contribution in [3.63, 3.8) is 0 Å². The van der Waals surface area contributed by atoms with Crippen molar-refractivity contribution in [3.8, 4) is 0 Å². The van der Waals surface area contributed by atoms with Crippen molar-refractivity contribution in [3.05, 3.63) is 30.1 Å². The van der Waals surface area contributed by atoms with E-state index in [-0.39, 0.29) is 18.0 Å². The van der Waals surface area contributed by atoms with Gasteiger partial charge in [-0.25, -0.2) is 0 Å². The number of carbonyl (C=O) groups is 1. The second-order valence-electron chi connectivity index (χ2n) is 5.12. The molecule has 2 aliphatic heterocycles. The highest BCUT2D eigenvalue weighted by molar-refractivity contribution is 5.82. The molecule has 3 heterocycles. The van der Waals surface area contributed by atoms with Crippen LogP contribution in [0.25, 0.3) is 0 Å². The van der Waals surface area contributed by atoms with Crippen molar-refractivity contribution in [2.45, 2.75) is 37.8 Å². The molecule has 0 bridgehead atoms. The van der Waals surface area contributed by atoms with Gasteiger partial charge in [-0.15, -0.1) is 0 Å². The Morgan fingerprint density at radius 1 is 1.39 bits per heavy atom. The third-order valence-corrected chi connectivity index (χ3v) is 3.96. The third-order valence-electron chi connectivity index (χ3n) is 3.96. The Hall–Kier alpha value is -1.42. The van der Waals surface area contributed by atoms with Gasteiger partial charge in [0, 0.05) is 18.9 Å². The highest BCUT2D eigenvalue weighted by Gasteiger charge is 2.34. The molecule has 1 amide bonds. The zero-order valence-electron chi connectivity index (χ0n) is 10.5. The van der Waals surface area contributed by atoms with Crippen LogP contribution in [0, 0.1) is 0 Å². The highest BCUT2D eigenvalue weighted by atomic mass is 16.2. The van der Waals surface area contributed by atoms with E-state index in [2.05, 4.69) is 16.4 Å². The number of carbonyl (C=O) groups excluding carboxylic acids is 1. The molecule has 96 valence electrons. The molecule has 1 N–H and O–H groups in total. The summed E-state index contributed by atoms with van der Waals surface area (Å²) in [6.45, 7) is 1.86. The van der Waals surface area contributed by atoms with Crippen LogP contribution in [0.2, 0.25) is 0 Å². The number of aromatic nitrogens is 1. The molecule has 2 fully saturated rings. The zero-order chi connectivity index (χ0) is 12.4. The lowest BCUT2D eigenvalue weighted by Crippen LogP contribution is -2.43. The molecule has 1 aromatic heterocycles. The van der Waals surface area contributed by atoms with E-state index in [0.29, 0.717) is 0 Å². The number of hydrogen-bond acceptors (Lipinski definition) is 3. The van der Waals surface area contributed by atoms with Gasteiger partial charge in [0.2, 0.25) is 5.91 Å². The van der Waals surface area contributed by atoms with E-state index in [1.54, 1.807) is 6.20 Å². The van der Waals surface area contributed by atoms with E-state index in [9.17, 15) is 4.79 Å². The van der Waals surface area contributed by atoms with Crippen LogP contribution in [0.4, 0.5) is 0 Å². The molecule has 1 aromatic rings. The predicted octanol–water partition coefficient (Wildman–Crippen LogP) is 1.50. The molecule has 0 saturated carbocycles. The van der Waals surface area contributed by atoms with Gasteiger partial charge in [-0.3, -0.25) is 9.78 Å². The molecule has 2 aliphatic rings. The normalized spacial score (nSPS) is 27.7. The van der Waals surface area contributed by atoms with Crippen molar-refractivity contribution < 1.29 is 4.79 Å². The maximum Gasteiger partial charge on any atom is 0.240 e. The fourth-order valence-corrected chi connectivity index (χ4v) is 3.05. The molecule has 3 rings (SSSR count). The van der Waals surface area contributed by atoms with Gasteiger partial charge in [0.1, 0.15) is 0 Å². The highest BCUT2D eigenvalue weighted by Crippen LogP contribution is 2.32. The Morgan fingerprint density at radius 2 is 2.33 bits per heavy atom. The average molecular weight is 245 g/mol. The topological polar surface area (TPSA) is 45.2 Å². The van der Waals surface area contributed by atoms with E-state index in [0.717, 1.165) is 38.8 Å². The maximum atomic E-state index is 12.5. The van der Waals surface area contributed by atoms with Crippen molar-refractivity contribution in [1.82, 2.24) is 15.2 Å². The lowest BCUT2D eigenvalue weighted by atomic mass is 10.1. The van der Waals surface area contributed by atoms with E-state index in [4.69, 9.17) is 0 Å². The summed E-state index contributed by atoms with van der Waals surface area (Å²) in [5.41, 5.74) is 1.17. The number of pyridine rings is 1. The Bertz CT molecular complexity index is 414. The summed E-state index contributed by atoms with van der Waals surface area (Å²) in [5, 5.41) is 3.30. The van der Waals surface area contributed by atoms with Gasteiger partial charge >= 0.3 is 0 Å². The molecule has 18 heavy (non-hydrogen) atoms. The summed E-state index contributed by atoms with van der Waals surface area (Å²) in [7, 11) is 0. The Labute approximate surface area is 107 Å². The summed E-state index contributed by atoms with van der Waals surface area (Å²) in [6, 6.07) is 4.30. The molecular formula is C14H19N3O. The summed E-state index contributed by atoms with van der Waals surface area (Å²) in [4.78, 5) is 18.7. The number of nitrogens with one attached hydrogen (secondary N) is 1. The summed E-state index contributed by atoms with van der Waals surface area (Å²) in [6.07, 6.45) is 7.92. The molecular weight excluding hydrogens is 226 g/mol. The quantitative estimate of drug-likeness (QED) is 0.858. The van der Waals surface area contributed by atoms with Crippen LogP contribution >= 0.6 is 0 Å². The minimum Gasteiger partial charge on any atom is -0.334 e. The van der Waals surface area contributed by atoms with Crippen LogP contribution in [0.3, 0.4) is 0 Å². The first-order chi connectivity index (χ1) is 8.86. The van der Waals surface area contributed by atoms with Crippen LogP contribution in [-0.4, -0.2) is 34.9 Å². The number of likely N-dealkylation sites (tertiary alicyclic amines) is 1. The molecule has 2 atom stereocenters. The van der Waals surface area contributed by atoms with E-state index >= 15 is 0 Å². The lowest BCUT2D eigenvalue weighted by molar-refractivity contribution is -0.134. The van der Waals surface area contributed by atoms with Crippen molar-refractivity contribution in [2.24, 2.45) is 0 Å². The third kappa shape index (κ3) is 2.12. The fraction of sp³-hybridized carbons (Fsp3) is 0.571. The molecule has 4 heteroatoms. The van der Waals surface area contributed by atoms with Crippen LogP contribution in [0.5, 0.6) is 0 Å². The first-order valence-electron chi connectivity index (χ1n) is 6.80. The minimum absolute atomic E-state index is 0.0438. The molecule has 0 spiro atoms. The monoisotopic (exact) mass is 245 g/mol. The first-order valence-corrected chi connectivity index (χ1v) is 6.80. The molecule has 2 saturated heterocycles. The summed E-state index contributed by atoms with van der Waals surface area (Å²) >= 11 is 0. The van der Waals surface area contributed by atoms with Gasteiger partial charge in [-0.05, 0) is 43.9 Å². The molecule has 0 radical (unpaired) electrons. The average Bonchev–Trinajstić information content (AvgIpc) is 3.10. The second-order valence-corrected chi connectivity index (χ2v) is 5.12. The van der Waals surface area contributed by atoms with Gasteiger partial charge in [0.25, 0.3) is 0 Å². The predicted molar refractivity (Wildman–Crippen MR) is 68.9 cm³/mol. The lowest BCUT2D eigenvalue weighted by Gasteiger charge is -2.27. The standard InChI is InChI=1S/C14H19N3O/c18-14(12-5-2-8-16-12)17-9-3-6-13(17)11-4-1-7-15-10-11/h1,4,7,10,12-13,16H,2-3,5-6,8-9H2. The zero-order valence-corrected chi connectivity index (χ0v) is 10.5. The molecule has 0 aromatic carbocycles. The Morgan fingerprint density at radius 3 is 3.06 bits per heavy atom. The second kappa shape index (κ2) is 5.06. The van der Waals surface area contributed by atoms with Gasteiger partial charge in [0.15, 0.2) is 0 Å². The van der Waals surface area contributed by atoms with E-state index < -0.39 is 0 Å². The molecule has 0 aliphatic carbocycles. The van der Waals surface area contributed by atoms with Crippen molar-refractivity contribution in [1.29, 1.82) is 0 Å². The maximum absolute atomic E-state index is 12.5. The number of hydrogen-bond donors (Lipinski definition) is 1. The fourth-order valence-electron chi connectivity index (χ4n) is 3.05. The van der Waals surface area contributed by atoms with Gasteiger partial charge < -0.3 is 10.2 Å². The van der Waals surface area contributed by atoms with Crippen molar-refractivity contribution >= 4 is 5.91 Å². The number of rotatable bonds is 2. The molecule has 4 nitrogen and oxygen atoms in total. The van der Waals surface area contributed by atoms with Gasteiger partial charge in [-0.2, -0.15) is 0 Å². The van der Waals surface area contributed by atoms with E-state index in [1.807, 2.05) is 17.2 Å². The Kier molecular flexibility index (Phi) is 3.28. The van der Waals surface area contributed by atoms with Crippen LogP contribution in [-0.2, 0) is 4.79 Å². The van der Waals surface area contributed by atoms with Crippen LogP contribution < -0.4 is 5.32 Å². The minimum atomic E-state index is 0.0438. The van der Waals surface area contributed by atoms with E-state index in [1.165, 1.54) is 5.56 Å².